The van der Waals surface area contributed by atoms with Gasteiger partial charge in [0.25, 0.3) is 0 Å². The van der Waals surface area contributed by atoms with Gasteiger partial charge in [-0.15, -0.1) is 0 Å². The summed E-state index contributed by atoms with van der Waals surface area (Å²) in [5, 5.41) is 12.0. The van der Waals surface area contributed by atoms with Gasteiger partial charge in [-0.05, 0) is 26.2 Å². The summed E-state index contributed by atoms with van der Waals surface area (Å²) in [5.41, 5.74) is -0.166. The molecule has 0 bridgehead atoms. The van der Waals surface area contributed by atoms with Crippen LogP contribution in [0.5, 0.6) is 0 Å². The second kappa shape index (κ2) is 3.05. The maximum atomic E-state index is 8.77. The van der Waals surface area contributed by atoms with Gasteiger partial charge in [0.1, 0.15) is 5.54 Å². The Hall–Kier alpha value is 0.180. The molecule has 0 aliphatic heterocycles. The van der Waals surface area contributed by atoms with Crippen LogP contribution < -0.4 is 5.32 Å². The molecule has 1 N–H and O–H groups in total. The lowest BCUT2D eigenvalue weighted by molar-refractivity contribution is 0.256. The van der Waals surface area contributed by atoms with Crippen molar-refractivity contribution < 1.29 is 0 Å². The van der Waals surface area contributed by atoms with Crippen LogP contribution in [-0.2, 0) is 0 Å². The number of rotatable bonds is 2. The first-order valence-electron chi connectivity index (χ1n) is 3.51. The van der Waals surface area contributed by atoms with Crippen LogP contribution in [0.2, 0.25) is 0 Å². The number of halogens is 1. The molecule has 0 spiro atoms. The Labute approximate surface area is 75.1 Å². The molecule has 0 saturated heterocycles. The number of nitrogens with zero attached hydrogens (tertiary/aromatic N) is 1. The van der Waals surface area contributed by atoms with Crippen LogP contribution in [0.4, 0.5) is 0 Å². The number of hydrogen-bond donors (Lipinski definition) is 1. The van der Waals surface area contributed by atoms with E-state index in [-0.39, 0.29) is 5.54 Å². The topological polar surface area (TPSA) is 35.8 Å². The van der Waals surface area contributed by atoms with Crippen molar-refractivity contribution in [3.8, 4) is 6.07 Å². The Kier molecular flexibility index (Phi) is 2.53. The van der Waals surface area contributed by atoms with E-state index in [1.807, 2.05) is 0 Å². The molecule has 0 heterocycles. The highest BCUT2D eigenvalue weighted by Gasteiger charge is 2.37. The van der Waals surface area contributed by atoms with Gasteiger partial charge in [0.15, 0.2) is 0 Å². The molecule has 56 valence electrons. The molecular weight excluding hydrogens is 239 g/mol. The quantitative estimate of drug-likeness (QED) is 0.461. The van der Waals surface area contributed by atoms with Crippen LogP contribution in [0.15, 0.2) is 0 Å². The van der Waals surface area contributed by atoms with E-state index < -0.39 is 0 Å². The van der Waals surface area contributed by atoms with E-state index in [0.717, 1.165) is 12.8 Å². The van der Waals surface area contributed by atoms with Crippen molar-refractivity contribution in [2.45, 2.75) is 35.8 Å². The Morgan fingerprint density at radius 3 is 2.40 bits per heavy atom. The average Bonchev–Trinajstić information content (AvgIpc) is 1.78. The third kappa shape index (κ3) is 1.61. The van der Waals surface area contributed by atoms with Gasteiger partial charge in [-0.1, -0.05) is 22.6 Å². The highest BCUT2D eigenvalue weighted by atomic mass is 127. The van der Waals surface area contributed by atoms with Crippen molar-refractivity contribution in [3.63, 3.8) is 0 Å². The number of nitriles is 1. The minimum absolute atomic E-state index is 0.166. The van der Waals surface area contributed by atoms with E-state index >= 15 is 0 Å². The molecule has 10 heavy (non-hydrogen) atoms. The Morgan fingerprint density at radius 1 is 1.70 bits per heavy atom. The Bertz CT molecular complexity index is 155. The molecule has 1 aliphatic carbocycles. The molecular formula is C7H11IN2. The monoisotopic (exact) mass is 250 g/mol. The minimum Gasteiger partial charge on any atom is -0.288 e. The second-order valence-electron chi connectivity index (χ2n) is 2.81. The molecule has 0 aromatic carbocycles. The van der Waals surface area contributed by atoms with E-state index in [2.05, 4.69) is 40.9 Å². The van der Waals surface area contributed by atoms with Gasteiger partial charge in [0.05, 0.1) is 10.1 Å². The molecule has 0 aromatic heterocycles. The highest BCUT2D eigenvalue weighted by Crippen LogP contribution is 2.31. The van der Waals surface area contributed by atoms with E-state index in [0.29, 0.717) is 4.05 Å². The summed E-state index contributed by atoms with van der Waals surface area (Å²) in [6.07, 6.45) is 3.25. The van der Waals surface area contributed by atoms with Crippen molar-refractivity contribution >= 4 is 22.6 Å². The fourth-order valence-corrected chi connectivity index (χ4v) is 1.80. The first-order chi connectivity index (χ1) is 4.68. The summed E-state index contributed by atoms with van der Waals surface area (Å²) in [7, 11) is 0. The minimum atomic E-state index is -0.166. The summed E-state index contributed by atoms with van der Waals surface area (Å²) >= 11 is 2.29. The zero-order valence-electron chi connectivity index (χ0n) is 6.02. The predicted molar refractivity (Wildman–Crippen MR) is 48.8 cm³/mol. The number of nitrogens with one attached hydrogen (secondary N) is 1. The van der Waals surface area contributed by atoms with Gasteiger partial charge in [0.2, 0.25) is 0 Å². The van der Waals surface area contributed by atoms with Crippen molar-refractivity contribution in [2.24, 2.45) is 0 Å². The maximum Gasteiger partial charge on any atom is 0.107 e. The number of alkyl halides is 1. The molecule has 3 heteroatoms. The van der Waals surface area contributed by atoms with E-state index in [4.69, 9.17) is 5.26 Å². The lowest BCUT2D eigenvalue weighted by Gasteiger charge is -2.37. The number of hydrogen-bond acceptors (Lipinski definition) is 2. The predicted octanol–water partition coefficient (Wildman–Crippen LogP) is 1.80. The molecule has 1 aliphatic rings. The largest absolute Gasteiger partial charge is 0.288 e. The molecule has 1 saturated carbocycles. The van der Waals surface area contributed by atoms with E-state index in [1.54, 1.807) is 0 Å². The van der Waals surface area contributed by atoms with Gasteiger partial charge < -0.3 is 0 Å². The smallest absolute Gasteiger partial charge is 0.107 e. The van der Waals surface area contributed by atoms with Gasteiger partial charge in [-0.3, -0.25) is 5.32 Å². The highest BCUT2D eigenvalue weighted by molar-refractivity contribution is 14.1. The summed E-state index contributed by atoms with van der Waals surface area (Å²) in [6, 6.07) is 2.33. The maximum absolute atomic E-state index is 8.77. The van der Waals surface area contributed by atoms with Crippen LogP contribution in [0.1, 0.15) is 26.2 Å². The summed E-state index contributed by atoms with van der Waals surface area (Å²) in [5.74, 6) is 0. The zero-order valence-corrected chi connectivity index (χ0v) is 8.18. The standard InChI is InChI=1S/C7H11IN2/c1-6(8)10-7(5-9)3-2-4-7/h6,10H,2-4H2,1H3. The van der Waals surface area contributed by atoms with Gasteiger partial charge in [-0.2, -0.15) is 5.26 Å². The fourth-order valence-electron chi connectivity index (χ4n) is 1.20. The molecule has 1 fully saturated rings. The van der Waals surface area contributed by atoms with Crippen LogP contribution in [0.3, 0.4) is 0 Å². The Morgan fingerprint density at radius 2 is 2.30 bits per heavy atom. The third-order valence-electron chi connectivity index (χ3n) is 1.90. The molecule has 1 rings (SSSR count). The molecule has 0 amide bonds. The summed E-state index contributed by atoms with van der Waals surface area (Å²) < 4.78 is 0.401. The fraction of sp³-hybridized carbons (Fsp3) is 0.857. The van der Waals surface area contributed by atoms with Gasteiger partial charge >= 0.3 is 0 Å². The lowest BCUT2D eigenvalue weighted by Crippen LogP contribution is -2.51. The van der Waals surface area contributed by atoms with E-state index in [9.17, 15) is 0 Å². The van der Waals surface area contributed by atoms with Crippen LogP contribution in [-0.4, -0.2) is 9.59 Å². The molecule has 0 radical (unpaired) electrons. The first kappa shape index (κ1) is 8.28. The first-order valence-corrected chi connectivity index (χ1v) is 4.76. The second-order valence-corrected chi connectivity index (χ2v) is 4.68. The van der Waals surface area contributed by atoms with Crippen molar-refractivity contribution in [3.05, 3.63) is 0 Å². The SMILES string of the molecule is CC(I)NC1(C#N)CCC1. The molecule has 1 atom stereocenters. The van der Waals surface area contributed by atoms with Crippen molar-refractivity contribution in [1.29, 1.82) is 5.26 Å². The normalized spacial score (nSPS) is 24.5. The average molecular weight is 250 g/mol. The molecule has 0 aromatic rings. The van der Waals surface area contributed by atoms with Crippen LogP contribution >= 0.6 is 22.6 Å². The molecule has 1 unspecified atom stereocenters. The van der Waals surface area contributed by atoms with Gasteiger partial charge in [0, 0.05) is 0 Å². The lowest BCUT2D eigenvalue weighted by atomic mass is 9.78. The third-order valence-corrected chi connectivity index (χ3v) is 2.21. The van der Waals surface area contributed by atoms with E-state index in [1.165, 1.54) is 6.42 Å². The summed E-state index contributed by atoms with van der Waals surface area (Å²) in [4.78, 5) is 0. The van der Waals surface area contributed by atoms with Crippen molar-refractivity contribution in [2.75, 3.05) is 0 Å². The zero-order chi connectivity index (χ0) is 7.61. The van der Waals surface area contributed by atoms with Crippen LogP contribution in [0, 0.1) is 11.3 Å². The molecule has 2 nitrogen and oxygen atoms in total. The van der Waals surface area contributed by atoms with Gasteiger partial charge in [-0.25, -0.2) is 0 Å². The van der Waals surface area contributed by atoms with Crippen LogP contribution in [0.25, 0.3) is 0 Å². The Balaban J connectivity index is 2.43. The van der Waals surface area contributed by atoms with Crippen molar-refractivity contribution in [1.82, 2.24) is 5.32 Å². The summed E-state index contributed by atoms with van der Waals surface area (Å²) in [6.45, 7) is 2.07.